The topological polar surface area (TPSA) is 66.5 Å². The van der Waals surface area contributed by atoms with Gasteiger partial charge in [-0.15, -0.1) is 0 Å². The van der Waals surface area contributed by atoms with Gasteiger partial charge in [0.25, 0.3) is 0 Å². The van der Waals surface area contributed by atoms with Crippen LogP contribution in [0.3, 0.4) is 0 Å². The van der Waals surface area contributed by atoms with Gasteiger partial charge in [0.1, 0.15) is 6.54 Å². The number of aryl methyl sites for hydroxylation is 1. The average Bonchev–Trinajstić information content (AvgIpc) is 2.53. The molecule has 1 amide bonds. The molecule has 2 aromatic rings. The number of para-hydroxylation sites is 1. The number of nitrogens with zero attached hydrogens (tertiary/aromatic N) is 1. The van der Waals surface area contributed by atoms with Crippen LogP contribution in [0.25, 0.3) is 0 Å². The van der Waals surface area contributed by atoms with E-state index >= 15 is 0 Å². The van der Waals surface area contributed by atoms with Crippen molar-refractivity contribution in [3.63, 3.8) is 0 Å². The minimum atomic E-state index is -3.56. The highest BCUT2D eigenvalue weighted by molar-refractivity contribution is 7.92. The molecule has 0 saturated heterocycles. The van der Waals surface area contributed by atoms with E-state index in [2.05, 4.69) is 5.32 Å². The second-order valence-corrected chi connectivity index (χ2v) is 7.66. The summed E-state index contributed by atoms with van der Waals surface area (Å²) < 4.78 is 25.4. The van der Waals surface area contributed by atoms with E-state index in [9.17, 15) is 13.2 Å². The second kappa shape index (κ2) is 7.49. The Morgan fingerprint density at radius 2 is 1.67 bits per heavy atom. The Morgan fingerprint density at radius 3 is 2.25 bits per heavy atom. The highest BCUT2D eigenvalue weighted by atomic mass is 32.2. The standard InChI is InChI=1S/C18H22N2O3S/c1-14-9-7-8-12-17(14)20(24(3,22)23)13-18(21)19-15(2)16-10-5-4-6-11-16/h4-12,15H,13H2,1-3H3,(H,19,21)/t15-/m0/s1. The summed E-state index contributed by atoms with van der Waals surface area (Å²) in [6.45, 7) is 3.44. The van der Waals surface area contributed by atoms with Crippen molar-refractivity contribution in [3.05, 3.63) is 65.7 Å². The number of nitrogens with one attached hydrogen (secondary N) is 1. The molecule has 0 aliphatic rings. The number of anilines is 1. The highest BCUT2D eigenvalue weighted by Gasteiger charge is 2.22. The summed E-state index contributed by atoms with van der Waals surface area (Å²) in [6.07, 6.45) is 1.10. The van der Waals surface area contributed by atoms with E-state index in [1.54, 1.807) is 12.1 Å². The zero-order chi connectivity index (χ0) is 17.7. The second-order valence-electron chi connectivity index (χ2n) is 5.76. The molecule has 2 rings (SSSR count). The third kappa shape index (κ3) is 4.58. The summed E-state index contributed by atoms with van der Waals surface area (Å²) in [6, 6.07) is 16.4. The normalized spacial score (nSPS) is 12.5. The summed E-state index contributed by atoms with van der Waals surface area (Å²) in [4.78, 5) is 12.4. The predicted molar refractivity (Wildman–Crippen MR) is 96.4 cm³/mol. The van der Waals surface area contributed by atoms with Crippen molar-refractivity contribution in [2.24, 2.45) is 0 Å². The Bertz CT molecular complexity index is 804. The number of hydrogen-bond donors (Lipinski definition) is 1. The third-order valence-corrected chi connectivity index (χ3v) is 4.88. The molecule has 0 fully saturated rings. The molecule has 128 valence electrons. The van der Waals surface area contributed by atoms with Crippen LogP contribution in [0.2, 0.25) is 0 Å². The Morgan fingerprint density at radius 1 is 1.08 bits per heavy atom. The van der Waals surface area contributed by atoms with Crippen LogP contribution in [0.1, 0.15) is 24.1 Å². The molecule has 0 aliphatic carbocycles. The summed E-state index contributed by atoms with van der Waals surface area (Å²) in [5.74, 6) is -0.347. The molecule has 0 heterocycles. The first-order chi connectivity index (χ1) is 11.3. The minimum absolute atomic E-state index is 0.197. The summed E-state index contributed by atoms with van der Waals surface area (Å²) in [5.41, 5.74) is 2.28. The smallest absolute Gasteiger partial charge is 0.241 e. The molecule has 0 unspecified atom stereocenters. The third-order valence-electron chi connectivity index (χ3n) is 3.75. The molecule has 2 aromatic carbocycles. The Balaban J connectivity index is 2.16. The van der Waals surface area contributed by atoms with Gasteiger partial charge in [0.2, 0.25) is 15.9 Å². The SMILES string of the molecule is Cc1ccccc1N(CC(=O)N[C@@H](C)c1ccccc1)S(C)(=O)=O. The summed E-state index contributed by atoms with van der Waals surface area (Å²) >= 11 is 0. The largest absolute Gasteiger partial charge is 0.348 e. The van der Waals surface area contributed by atoms with Crippen LogP contribution in [0, 0.1) is 6.92 Å². The Labute approximate surface area is 143 Å². The molecule has 24 heavy (non-hydrogen) atoms. The van der Waals surface area contributed by atoms with Gasteiger partial charge in [0.15, 0.2) is 0 Å². The van der Waals surface area contributed by atoms with Crippen LogP contribution in [-0.2, 0) is 14.8 Å². The van der Waals surface area contributed by atoms with Crippen LogP contribution in [-0.4, -0.2) is 27.1 Å². The number of sulfonamides is 1. The quantitative estimate of drug-likeness (QED) is 0.874. The molecule has 0 spiro atoms. The van der Waals surface area contributed by atoms with Crippen molar-refractivity contribution < 1.29 is 13.2 Å². The maximum atomic E-state index is 12.4. The molecule has 1 N–H and O–H groups in total. The van der Waals surface area contributed by atoms with Crippen molar-refractivity contribution in [2.75, 3.05) is 17.1 Å². The number of hydrogen-bond acceptors (Lipinski definition) is 3. The van der Waals surface area contributed by atoms with Gasteiger partial charge in [-0.25, -0.2) is 8.42 Å². The van der Waals surface area contributed by atoms with Gasteiger partial charge < -0.3 is 5.32 Å². The lowest BCUT2D eigenvalue weighted by Gasteiger charge is -2.24. The fourth-order valence-electron chi connectivity index (χ4n) is 2.47. The summed E-state index contributed by atoms with van der Waals surface area (Å²) in [5, 5.41) is 2.84. The van der Waals surface area contributed by atoms with E-state index < -0.39 is 10.0 Å². The first kappa shape index (κ1) is 18.0. The average molecular weight is 346 g/mol. The fraction of sp³-hybridized carbons (Fsp3) is 0.278. The van der Waals surface area contributed by atoms with Crippen molar-refractivity contribution in [2.45, 2.75) is 19.9 Å². The van der Waals surface area contributed by atoms with Crippen molar-refractivity contribution >= 4 is 21.6 Å². The molecule has 0 saturated carbocycles. The van der Waals surface area contributed by atoms with E-state index in [1.165, 1.54) is 0 Å². The van der Waals surface area contributed by atoms with Crippen LogP contribution < -0.4 is 9.62 Å². The van der Waals surface area contributed by atoms with Gasteiger partial charge in [0.05, 0.1) is 18.0 Å². The first-order valence-corrected chi connectivity index (χ1v) is 9.51. The molecule has 0 aromatic heterocycles. The molecule has 0 radical (unpaired) electrons. The minimum Gasteiger partial charge on any atom is -0.348 e. The van der Waals surface area contributed by atoms with E-state index in [1.807, 2.05) is 56.3 Å². The summed E-state index contributed by atoms with van der Waals surface area (Å²) in [7, 11) is -3.56. The first-order valence-electron chi connectivity index (χ1n) is 7.66. The van der Waals surface area contributed by atoms with Gasteiger partial charge in [-0.05, 0) is 31.0 Å². The number of amides is 1. The Kier molecular flexibility index (Phi) is 5.62. The fourth-order valence-corrected chi connectivity index (χ4v) is 3.38. The maximum Gasteiger partial charge on any atom is 0.241 e. The zero-order valence-electron chi connectivity index (χ0n) is 14.1. The lowest BCUT2D eigenvalue weighted by atomic mass is 10.1. The highest BCUT2D eigenvalue weighted by Crippen LogP contribution is 2.22. The van der Waals surface area contributed by atoms with Gasteiger partial charge in [-0.1, -0.05) is 48.5 Å². The Hall–Kier alpha value is -2.34. The molecular weight excluding hydrogens is 324 g/mol. The van der Waals surface area contributed by atoms with E-state index in [0.717, 1.165) is 21.7 Å². The molecular formula is C18H22N2O3S. The number of carbonyl (C=O) groups excluding carboxylic acids is 1. The van der Waals surface area contributed by atoms with Crippen LogP contribution in [0.5, 0.6) is 0 Å². The van der Waals surface area contributed by atoms with E-state index in [4.69, 9.17) is 0 Å². The lowest BCUT2D eigenvalue weighted by molar-refractivity contribution is -0.120. The van der Waals surface area contributed by atoms with E-state index in [-0.39, 0.29) is 18.5 Å². The van der Waals surface area contributed by atoms with Gasteiger partial charge in [0, 0.05) is 0 Å². The van der Waals surface area contributed by atoms with Gasteiger partial charge in [-0.2, -0.15) is 0 Å². The van der Waals surface area contributed by atoms with Gasteiger partial charge >= 0.3 is 0 Å². The number of benzene rings is 2. The molecule has 0 aliphatic heterocycles. The van der Waals surface area contributed by atoms with Crippen molar-refractivity contribution in [3.8, 4) is 0 Å². The molecule has 5 nitrogen and oxygen atoms in total. The van der Waals surface area contributed by atoms with Crippen molar-refractivity contribution in [1.29, 1.82) is 0 Å². The molecule has 0 bridgehead atoms. The van der Waals surface area contributed by atoms with Crippen molar-refractivity contribution in [1.82, 2.24) is 5.32 Å². The maximum absolute atomic E-state index is 12.4. The number of rotatable bonds is 6. The van der Waals surface area contributed by atoms with Crippen LogP contribution in [0.15, 0.2) is 54.6 Å². The monoisotopic (exact) mass is 346 g/mol. The number of carbonyl (C=O) groups is 1. The molecule has 1 atom stereocenters. The predicted octanol–water partition coefficient (Wildman–Crippen LogP) is 2.64. The lowest BCUT2D eigenvalue weighted by Crippen LogP contribution is -2.41. The van der Waals surface area contributed by atoms with Crippen LogP contribution >= 0.6 is 0 Å². The molecule has 6 heteroatoms. The van der Waals surface area contributed by atoms with E-state index in [0.29, 0.717) is 5.69 Å². The zero-order valence-corrected chi connectivity index (χ0v) is 14.9. The van der Waals surface area contributed by atoms with Crippen LogP contribution in [0.4, 0.5) is 5.69 Å². The van der Waals surface area contributed by atoms with Gasteiger partial charge in [-0.3, -0.25) is 9.10 Å².